The molecule has 2 N–H and O–H groups in total. The first-order valence-electron chi connectivity index (χ1n) is 14.5. The van der Waals surface area contributed by atoms with E-state index in [1.807, 2.05) is 12.1 Å². The summed E-state index contributed by atoms with van der Waals surface area (Å²) in [6.07, 6.45) is 2.24. The van der Waals surface area contributed by atoms with Crippen LogP contribution in [0.25, 0.3) is 0 Å². The third kappa shape index (κ3) is 24.3. The smallest absolute Gasteiger partial charge is 0.338 e. The van der Waals surface area contributed by atoms with Crippen LogP contribution in [0.3, 0.4) is 0 Å². The first-order valence-corrected chi connectivity index (χ1v) is 14.5. The SMILES string of the molecule is CCCCNc1ccc(C(=O)OCCOCCOCCOCCOCCOCCOCCOCCOCC(=O)O)cc1. The number of anilines is 1. The number of hydrogen-bond acceptors (Lipinski definition) is 12. The fraction of sp³-hybridized carbons (Fsp3) is 0.724. The summed E-state index contributed by atoms with van der Waals surface area (Å²) < 4.78 is 47.8. The number of benzene rings is 1. The number of esters is 1. The van der Waals surface area contributed by atoms with E-state index in [0.717, 1.165) is 25.1 Å². The van der Waals surface area contributed by atoms with Crippen molar-refractivity contribution in [2.45, 2.75) is 19.8 Å². The average molecular weight is 604 g/mol. The number of hydrogen-bond donors (Lipinski definition) is 2. The zero-order valence-electron chi connectivity index (χ0n) is 24.9. The summed E-state index contributed by atoms with van der Waals surface area (Å²) in [6.45, 7) is 9.15. The van der Waals surface area contributed by atoms with E-state index in [4.69, 9.17) is 47.7 Å². The molecule has 242 valence electrons. The molecule has 13 heteroatoms. The van der Waals surface area contributed by atoms with Crippen LogP contribution < -0.4 is 5.32 Å². The number of aliphatic carboxylic acids is 1. The van der Waals surface area contributed by atoms with Crippen molar-refractivity contribution in [1.29, 1.82) is 0 Å². The lowest BCUT2D eigenvalue weighted by atomic mass is 10.2. The Bertz CT molecular complexity index is 765. The van der Waals surface area contributed by atoms with Crippen LogP contribution in [0, 0.1) is 0 Å². The van der Waals surface area contributed by atoms with Gasteiger partial charge in [-0.05, 0) is 30.7 Å². The van der Waals surface area contributed by atoms with Crippen LogP contribution in [0.15, 0.2) is 24.3 Å². The van der Waals surface area contributed by atoms with Crippen molar-refractivity contribution in [1.82, 2.24) is 0 Å². The van der Waals surface area contributed by atoms with E-state index in [2.05, 4.69) is 12.2 Å². The third-order valence-electron chi connectivity index (χ3n) is 5.27. The molecule has 1 aromatic rings. The van der Waals surface area contributed by atoms with E-state index in [1.54, 1.807) is 12.1 Å². The van der Waals surface area contributed by atoms with Crippen LogP contribution in [-0.4, -0.2) is 136 Å². The molecule has 1 aromatic carbocycles. The highest BCUT2D eigenvalue weighted by Crippen LogP contribution is 2.10. The highest BCUT2D eigenvalue weighted by atomic mass is 16.6. The van der Waals surface area contributed by atoms with Gasteiger partial charge in [-0.3, -0.25) is 0 Å². The van der Waals surface area contributed by atoms with Crippen molar-refractivity contribution >= 4 is 17.6 Å². The Labute approximate surface area is 249 Å². The molecular formula is C29H49NO12. The van der Waals surface area contributed by atoms with Crippen LogP contribution in [0.1, 0.15) is 30.1 Å². The lowest BCUT2D eigenvalue weighted by molar-refractivity contribution is -0.142. The van der Waals surface area contributed by atoms with E-state index >= 15 is 0 Å². The van der Waals surface area contributed by atoms with E-state index in [9.17, 15) is 9.59 Å². The highest BCUT2D eigenvalue weighted by Gasteiger charge is 2.06. The van der Waals surface area contributed by atoms with Crippen LogP contribution >= 0.6 is 0 Å². The van der Waals surface area contributed by atoms with Gasteiger partial charge in [0.2, 0.25) is 0 Å². The van der Waals surface area contributed by atoms with Crippen molar-refractivity contribution in [3.8, 4) is 0 Å². The third-order valence-corrected chi connectivity index (χ3v) is 5.27. The van der Waals surface area contributed by atoms with Crippen molar-refractivity contribution in [2.75, 3.05) is 124 Å². The zero-order valence-corrected chi connectivity index (χ0v) is 24.9. The number of carboxylic acids is 1. The molecule has 0 atom stereocenters. The maximum absolute atomic E-state index is 12.1. The molecule has 0 amide bonds. The van der Waals surface area contributed by atoms with Gasteiger partial charge in [-0.25, -0.2) is 9.59 Å². The Kier molecular flexibility index (Phi) is 25.8. The first-order chi connectivity index (χ1) is 20.6. The predicted molar refractivity (Wildman–Crippen MR) is 154 cm³/mol. The van der Waals surface area contributed by atoms with Crippen molar-refractivity contribution in [3.05, 3.63) is 29.8 Å². The molecule has 13 nitrogen and oxygen atoms in total. The second kappa shape index (κ2) is 28.7. The van der Waals surface area contributed by atoms with Gasteiger partial charge in [0.05, 0.1) is 105 Å². The zero-order chi connectivity index (χ0) is 30.4. The lowest BCUT2D eigenvalue weighted by Crippen LogP contribution is -2.15. The van der Waals surface area contributed by atoms with Gasteiger partial charge in [-0.15, -0.1) is 0 Å². The Morgan fingerprint density at radius 1 is 0.595 bits per heavy atom. The average Bonchev–Trinajstić information content (AvgIpc) is 2.99. The number of ether oxygens (including phenoxy) is 9. The summed E-state index contributed by atoms with van der Waals surface area (Å²) in [6, 6.07) is 7.26. The van der Waals surface area contributed by atoms with Gasteiger partial charge < -0.3 is 53.1 Å². The van der Waals surface area contributed by atoms with Crippen LogP contribution in [0.5, 0.6) is 0 Å². The summed E-state index contributed by atoms with van der Waals surface area (Å²) in [4.78, 5) is 22.3. The number of carbonyl (C=O) groups is 2. The number of unbranched alkanes of at least 4 members (excludes halogenated alkanes) is 1. The van der Waals surface area contributed by atoms with E-state index in [0.29, 0.717) is 98.1 Å². The number of rotatable bonds is 31. The molecule has 0 radical (unpaired) electrons. The summed E-state index contributed by atoms with van der Waals surface area (Å²) >= 11 is 0. The Balaban J connectivity index is 1.75. The molecule has 0 aromatic heterocycles. The van der Waals surface area contributed by atoms with E-state index < -0.39 is 5.97 Å². The number of nitrogens with one attached hydrogen (secondary N) is 1. The minimum absolute atomic E-state index is 0.184. The molecule has 0 heterocycles. The fourth-order valence-electron chi connectivity index (χ4n) is 3.11. The van der Waals surface area contributed by atoms with Crippen molar-refractivity contribution < 1.29 is 57.3 Å². The molecule has 0 aliphatic heterocycles. The molecule has 0 unspecified atom stereocenters. The number of carboxylic acid groups (broad SMARTS) is 1. The van der Waals surface area contributed by atoms with Gasteiger partial charge in [-0.1, -0.05) is 13.3 Å². The molecule has 0 spiro atoms. The first kappa shape index (κ1) is 37.7. The summed E-state index contributed by atoms with van der Waals surface area (Å²) in [5.41, 5.74) is 1.50. The van der Waals surface area contributed by atoms with E-state index in [-0.39, 0.29) is 25.8 Å². The van der Waals surface area contributed by atoms with Crippen LogP contribution in [0.2, 0.25) is 0 Å². The Morgan fingerprint density at radius 2 is 0.976 bits per heavy atom. The molecule has 0 saturated carbocycles. The maximum atomic E-state index is 12.1. The van der Waals surface area contributed by atoms with Gasteiger partial charge in [0, 0.05) is 12.2 Å². The molecule has 0 saturated heterocycles. The topological polar surface area (TPSA) is 149 Å². The Morgan fingerprint density at radius 3 is 1.36 bits per heavy atom. The van der Waals surface area contributed by atoms with Gasteiger partial charge in [0.25, 0.3) is 0 Å². The molecule has 1 rings (SSSR count). The molecule has 0 bridgehead atoms. The molecular weight excluding hydrogens is 554 g/mol. The second-order valence-electron chi connectivity index (χ2n) is 8.73. The summed E-state index contributed by atoms with van der Waals surface area (Å²) in [5.74, 6) is -1.37. The predicted octanol–water partition coefficient (Wildman–Crippen LogP) is 2.27. The van der Waals surface area contributed by atoms with Crippen LogP contribution in [0.4, 0.5) is 5.69 Å². The fourth-order valence-corrected chi connectivity index (χ4v) is 3.11. The standard InChI is InChI=1S/C29H49NO12/c1-2-3-8-30-27-6-4-26(5-7-27)29(33)42-24-23-40-20-19-38-16-15-36-12-11-34-9-10-35-13-14-37-17-18-39-21-22-41-25-28(31)32/h4-7,30H,2-3,8-25H2,1H3,(H,31,32). The van der Waals surface area contributed by atoms with E-state index in [1.165, 1.54) is 0 Å². The normalized spacial score (nSPS) is 11.1. The maximum Gasteiger partial charge on any atom is 0.338 e. The quantitative estimate of drug-likeness (QED) is 0.0945. The van der Waals surface area contributed by atoms with Gasteiger partial charge in [-0.2, -0.15) is 0 Å². The largest absolute Gasteiger partial charge is 0.480 e. The molecule has 42 heavy (non-hydrogen) atoms. The van der Waals surface area contributed by atoms with Gasteiger partial charge in [0.1, 0.15) is 13.2 Å². The minimum Gasteiger partial charge on any atom is -0.480 e. The van der Waals surface area contributed by atoms with Gasteiger partial charge >= 0.3 is 11.9 Å². The molecule has 0 fully saturated rings. The Hall–Kier alpha value is -2.36. The van der Waals surface area contributed by atoms with Crippen molar-refractivity contribution in [3.63, 3.8) is 0 Å². The monoisotopic (exact) mass is 603 g/mol. The second-order valence-corrected chi connectivity index (χ2v) is 8.73. The van der Waals surface area contributed by atoms with Crippen molar-refractivity contribution in [2.24, 2.45) is 0 Å². The minimum atomic E-state index is -0.999. The highest BCUT2D eigenvalue weighted by molar-refractivity contribution is 5.89. The van der Waals surface area contributed by atoms with Gasteiger partial charge in [0.15, 0.2) is 0 Å². The van der Waals surface area contributed by atoms with Crippen LogP contribution in [-0.2, 0) is 47.4 Å². The summed E-state index contributed by atoms with van der Waals surface area (Å²) in [7, 11) is 0. The molecule has 0 aliphatic rings. The number of carbonyl (C=O) groups excluding carboxylic acids is 1. The molecule has 0 aliphatic carbocycles. The summed E-state index contributed by atoms with van der Waals surface area (Å²) in [5, 5.41) is 11.7. The lowest BCUT2D eigenvalue weighted by Gasteiger charge is -2.09.